The molecule has 0 fully saturated rings. The molecule has 0 atom stereocenters. The molecule has 2 amide bonds. The van der Waals surface area contributed by atoms with Crippen molar-refractivity contribution in [1.29, 1.82) is 0 Å². The van der Waals surface area contributed by atoms with Crippen molar-refractivity contribution in [2.45, 2.75) is 6.92 Å². The first-order chi connectivity index (χ1) is 15.0. The van der Waals surface area contributed by atoms with E-state index in [0.717, 1.165) is 5.56 Å². The fraction of sp³-hybridized carbons (Fsp3) is 0.0870. The Balaban J connectivity index is 1.43. The zero-order valence-electron chi connectivity index (χ0n) is 16.5. The van der Waals surface area contributed by atoms with Crippen molar-refractivity contribution >= 4 is 34.8 Å². The fourth-order valence-electron chi connectivity index (χ4n) is 2.93. The Labute approximate surface area is 183 Å². The second kappa shape index (κ2) is 8.89. The quantitative estimate of drug-likeness (QED) is 0.457. The SMILES string of the molecule is C/C(=N/NC(=O)c1ccc2c(c1)OCO2)c1cccc(NC(=O)c2ccc(Cl)cc2)c1. The van der Waals surface area contributed by atoms with Crippen molar-refractivity contribution in [1.82, 2.24) is 5.43 Å². The molecule has 8 heteroatoms. The van der Waals surface area contributed by atoms with Gasteiger partial charge in [-0.15, -0.1) is 0 Å². The van der Waals surface area contributed by atoms with Crippen molar-refractivity contribution in [3.63, 3.8) is 0 Å². The van der Waals surface area contributed by atoms with Crippen molar-refractivity contribution in [3.8, 4) is 11.5 Å². The molecule has 1 aliphatic rings. The summed E-state index contributed by atoms with van der Waals surface area (Å²) in [6.45, 7) is 1.91. The summed E-state index contributed by atoms with van der Waals surface area (Å²) in [7, 11) is 0. The van der Waals surface area contributed by atoms with Gasteiger partial charge in [-0.2, -0.15) is 5.10 Å². The second-order valence-electron chi connectivity index (χ2n) is 6.75. The molecule has 0 aliphatic carbocycles. The van der Waals surface area contributed by atoms with Crippen LogP contribution in [-0.4, -0.2) is 24.3 Å². The third-order valence-corrected chi connectivity index (χ3v) is 4.86. The summed E-state index contributed by atoms with van der Waals surface area (Å²) >= 11 is 5.86. The zero-order chi connectivity index (χ0) is 21.8. The molecule has 0 saturated carbocycles. The lowest BCUT2D eigenvalue weighted by Gasteiger charge is -2.08. The number of nitrogens with zero attached hydrogens (tertiary/aromatic N) is 1. The highest BCUT2D eigenvalue weighted by molar-refractivity contribution is 6.30. The molecular formula is C23H18ClN3O4. The molecule has 0 spiro atoms. The molecule has 0 aromatic heterocycles. The first-order valence-electron chi connectivity index (χ1n) is 9.41. The average Bonchev–Trinajstić information content (AvgIpc) is 3.25. The maximum atomic E-state index is 12.4. The second-order valence-corrected chi connectivity index (χ2v) is 7.18. The van der Waals surface area contributed by atoms with Crippen LogP contribution in [0.25, 0.3) is 0 Å². The molecule has 7 nitrogen and oxygen atoms in total. The number of amides is 2. The Morgan fingerprint density at radius 3 is 2.42 bits per heavy atom. The minimum Gasteiger partial charge on any atom is -0.454 e. The van der Waals surface area contributed by atoms with E-state index in [0.29, 0.717) is 39.0 Å². The van der Waals surface area contributed by atoms with E-state index < -0.39 is 0 Å². The van der Waals surface area contributed by atoms with E-state index in [1.54, 1.807) is 67.6 Å². The molecule has 0 radical (unpaired) electrons. The van der Waals surface area contributed by atoms with Crippen LogP contribution in [0.3, 0.4) is 0 Å². The number of carbonyl (C=O) groups is 2. The summed E-state index contributed by atoms with van der Waals surface area (Å²) in [5.41, 5.74) is 5.37. The maximum Gasteiger partial charge on any atom is 0.271 e. The monoisotopic (exact) mass is 435 g/mol. The summed E-state index contributed by atoms with van der Waals surface area (Å²) in [6.07, 6.45) is 0. The van der Waals surface area contributed by atoms with Gasteiger partial charge in [-0.3, -0.25) is 9.59 Å². The number of hydrazone groups is 1. The molecular weight excluding hydrogens is 418 g/mol. The van der Waals surface area contributed by atoms with Crippen LogP contribution in [0, 0.1) is 0 Å². The summed E-state index contributed by atoms with van der Waals surface area (Å²) in [4.78, 5) is 24.8. The van der Waals surface area contributed by atoms with E-state index in [1.165, 1.54) is 0 Å². The van der Waals surface area contributed by atoms with E-state index in [-0.39, 0.29) is 18.6 Å². The Morgan fingerprint density at radius 1 is 0.871 bits per heavy atom. The van der Waals surface area contributed by atoms with Gasteiger partial charge in [0.05, 0.1) is 5.71 Å². The number of benzene rings is 3. The molecule has 0 bridgehead atoms. The molecule has 2 N–H and O–H groups in total. The molecule has 4 rings (SSSR count). The van der Waals surface area contributed by atoms with E-state index >= 15 is 0 Å². The van der Waals surface area contributed by atoms with Crippen LogP contribution in [0.2, 0.25) is 5.02 Å². The van der Waals surface area contributed by atoms with Gasteiger partial charge in [-0.05, 0) is 67.1 Å². The van der Waals surface area contributed by atoms with E-state index in [4.69, 9.17) is 21.1 Å². The minimum atomic E-state index is -0.371. The normalized spacial score (nSPS) is 12.4. The number of rotatable bonds is 5. The molecule has 3 aromatic carbocycles. The summed E-state index contributed by atoms with van der Waals surface area (Å²) in [5, 5.41) is 7.57. The van der Waals surface area contributed by atoms with Crippen molar-refractivity contribution in [2.24, 2.45) is 5.10 Å². The number of halogens is 1. The van der Waals surface area contributed by atoms with Crippen LogP contribution in [-0.2, 0) is 0 Å². The number of carbonyl (C=O) groups excluding carboxylic acids is 2. The van der Waals surface area contributed by atoms with Crippen LogP contribution >= 0.6 is 11.6 Å². The van der Waals surface area contributed by atoms with E-state index in [2.05, 4.69) is 15.8 Å². The van der Waals surface area contributed by atoms with Crippen LogP contribution in [0.15, 0.2) is 71.8 Å². The number of fused-ring (bicyclic) bond motifs is 1. The molecule has 1 aliphatic heterocycles. The molecule has 156 valence electrons. The Bertz CT molecular complexity index is 1180. The van der Waals surface area contributed by atoms with Crippen molar-refractivity contribution in [2.75, 3.05) is 12.1 Å². The Hall–Kier alpha value is -3.84. The van der Waals surface area contributed by atoms with Gasteiger partial charge in [0.2, 0.25) is 6.79 Å². The topological polar surface area (TPSA) is 89.0 Å². The van der Waals surface area contributed by atoms with Crippen LogP contribution in [0.1, 0.15) is 33.2 Å². The van der Waals surface area contributed by atoms with Crippen LogP contribution < -0.4 is 20.2 Å². The van der Waals surface area contributed by atoms with Crippen molar-refractivity contribution < 1.29 is 19.1 Å². The Kier molecular flexibility index (Phi) is 5.86. The lowest BCUT2D eigenvalue weighted by Crippen LogP contribution is -2.19. The summed E-state index contributed by atoms with van der Waals surface area (Å²) in [6, 6.07) is 18.7. The predicted molar refractivity (Wildman–Crippen MR) is 118 cm³/mol. The molecule has 3 aromatic rings. The minimum absolute atomic E-state index is 0.141. The first kappa shape index (κ1) is 20.4. The van der Waals surface area contributed by atoms with E-state index in [1.807, 2.05) is 6.07 Å². The molecule has 31 heavy (non-hydrogen) atoms. The fourth-order valence-corrected chi connectivity index (χ4v) is 3.05. The van der Waals surface area contributed by atoms with Crippen LogP contribution in [0.4, 0.5) is 5.69 Å². The predicted octanol–water partition coefficient (Wildman–Crippen LogP) is 4.48. The maximum absolute atomic E-state index is 12.4. The zero-order valence-corrected chi connectivity index (χ0v) is 17.3. The van der Waals surface area contributed by atoms with Gasteiger partial charge in [-0.25, -0.2) is 5.43 Å². The number of hydrogen-bond donors (Lipinski definition) is 2. The number of nitrogens with one attached hydrogen (secondary N) is 2. The number of anilines is 1. The van der Waals surface area contributed by atoms with Gasteiger partial charge in [-0.1, -0.05) is 23.7 Å². The average molecular weight is 436 g/mol. The van der Waals surface area contributed by atoms with Gasteiger partial charge in [0.25, 0.3) is 11.8 Å². The standard InChI is InChI=1S/C23H18ClN3O4/c1-14(26-27-23(29)17-7-10-20-21(12-17)31-13-30-20)16-3-2-4-19(11-16)25-22(28)15-5-8-18(24)9-6-15/h2-12H,13H2,1H3,(H,25,28)(H,27,29)/b26-14-. The highest BCUT2D eigenvalue weighted by atomic mass is 35.5. The van der Waals surface area contributed by atoms with Crippen molar-refractivity contribution in [3.05, 3.63) is 88.4 Å². The highest BCUT2D eigenvalue weighted by Crippen LogP contribution is 2.32. The third kappa shape index (κ3) is 4.84. The van der Waals surface area contributed by atoms with E-state index in [9.17, 15) is 9.59 Å². The number of ether oxygens (including phenoxy) is 2. The molecule has 1 heterocycles. The summed E-state index contributed by atoms with van der Waals surface area (Å²) < 4.78 is 10.5. The van der Waals surface area contributed by atoms with Gasteiger partial charge in [0.15, 0.2) is 11.5 Å². The van der Waals surface area contributed by atoms with Gasteiger partial charge >= 0.3 is 0 Å². The Morgan fingerprint density at radius 2 is 1.61 bits per heavy atom. The van der Waals surface area contributed by atoms with Crippen LogP contribution in [0.5, 0.6) is 11.5 Å². The first-order valence-corrected chi connectivity index (χ1v) is 9.79. The lowest BCUT2D eigenvalue weighted by molar-refractivity contribution is 0.0953. The summed E-state index contributed by atoms with van der Waals surface area (Å²) in [5.74, 6) is 0.510. The highest BCUT2D eigenvalue weighted by Gasteiger charge is 2.16. The smallest absolute Gasteiger partial charge is 0.271 e. The third-order valence-electron chi connectivity index (χ3n) is 4.60. The van der Waals surface area contributed by atoms with Gasteiger partial charge < -0.3 is 14.8 Å². The lowest BCUT2D eigenvalue weighted by atomic mass is 10.1. The van der Waals surface area contributed by atoms with Gasteiger partial charge in [0, 0.05) is 21.8 Å². The molecule has 0 unspecified atom stereocenters. The van der Waals surface area contributed by atoms with Gasteiger partial charge in [0.1, 0.15) is 0 Å². The molecule has 0 saturated heterocycles. The largest absolute Gasteiger partial charge is 0.454 e. The number of hydrogen-bond acceptors (Lipinski definition) is 5.